The molecule has 3 aromatic rings. The lowest BCUT2D eigenvalue weighted by Crippen LogP contribution is -2.27. The average molecular weight is 407 g/mol. The van der Waals surface area contributed by atoms with Gasteiger partial charge in [0.1, 0.15) is 11.4 Å². The minimum atomic E-state index is -0.500. The van der Waals surface area contributed by atoms with Gasteiger partial charge in [0.05, 0.1) is 11.4 Å². The summed E-state index contributed by atoms with van der Waals surface area (Å²) in [5, 5.41) is 1.06. The number of nitrogens with zero attached hydrogens (tertiary/aromatic N) is 1. The van der Waals surface area contributed by atoms with E-state index < -0.39 is 5.60 Å². The maximum atomic E-state index is 12.5. The number of carbonyl (C=O) groups is 1. The van der Waals surface area contributed by atoms with Gasteiger partial charge >= 0.3 is 5.97 Å². The van der Waals surface area contributed by atoms with E-state index in [1.165, 1.54) is 5.56 Å². The third-order valence-corrected chi connectivity index (χ3v) is 4.77. The highest BCUT2D eigenvalue weighted by atomic mass is 16.6. The first kappa shape index (κ1) is 21.8. The van der Waals surface area contributed by atoms with Crippen molar-refractivity contribution in [3.05, 3.63) is 65.7 Å². The van der Waals surface area contributed by atoms with Crippen molar-refractivity contribution in [3.63, 3.8) is 0 Å². The molecular formula is C25H30N2O3. The molecule has 1 heterocycles. The summed E-state index contributed by atoms with van der Waals surface area (Å²) < 4.78 is 11.5. The molecule has 30 heavy (non-hydrogen) atoms. The van der Waals surface area contributed by atoms with Gasteiger partial charge in [0.2, 0.25) is 5.88 Å². The molecule has 1 unspecified atom stereocenters. The summed E-state index contributed by atoms with van der Waals surface area (Å²) in [4.78, 5) is 17.1. The maximum Gasteiger partial charge on any atom is 0.313 e. The van der Waals surface area contributed by atoms with Crippen LogP contribution in [0.4, 0.5) is 0 Å². The molecule has 0 saturated carbocycles. The van der Waals surface area contributed by atoms with Gasteiger partial charge in [-0.1, -0.05) is 25.1 Å². The Morgan fingerprint density at radius 1 is 1.07 bits per heavy atom. The maximum absolute atomic E-state index is 12.5. The highest BCUT2D eigenvalue weighted by Gasteiger charge is 2.25. The standard InChI is InChI=1S/C25H30N2O3/c1-5-21(24(28)30-25(2,3)4)18-7-10-20(11-8-18)29-23-13-9-19-16-17(14-15-26)6-12-22(19)27-23/h6-13,16,21H,5,14-15,26H2,1-4H3. The van der Waals surface area contributed by atoms with Gasteiger partial charge in [-0.25, -0.2) is 4.98 Å². The van der Waals surface area contributed by atoms with Gasteiger partial charge < -0.3 is 15.2 Å². The van der Waals surface area contributed by atoms with Crippen LogP contribution in [0.3, 0.4) is 0 Å². The summed E-state index contributed by atoms with van der Waals surface area (Å²) >= 11 is 0. The highest BCUT2D eigenvalue weighted by Crippen LogP contribution is 2.28. The van der Waals surface area contributed by atoms with Crippen LogP contribution in [0.25, 0.3) is 10.9 Å². The third kappa shape index (κ3) is 5.57. The Labute approximate surface area is 178 Å². The summed E-state index contributed by atoms with van der Waals surface area (Å²) in [7, 11) is 0. The van der Waals surface area contributed by atoms with E-state index in [2.05, 4.69) is 11.1 Å². The molecule has 0 saturated heterocycles. The van der Waals surface area contributed by atoms with E-state index in [0.29, 0.717) is 24.6 Å². The zero-order valence-corrected chi connectivity index (χ0v) is 18.1. The summed E-state index contributed by atoms with van der Waals surface area (Å²) in [6.07, 6.45) is 1.52. The number of benzene rings is 2. The van der Waals surface area contributed by atoms with Crippen LogP contribution < -0.4 is 10.5 Å². The smallest absolute Gasteiger partial charge is 0.313 e. The van der Waals surface area contributed by atoms with Crippen LogP contribution in [-0.4, -0.2) is 23.1 Å². The molecule has 2 N–H and O–H groups in total. The van der Waals surface area contributed by atoms with E-state index in [1.54, 1.807) is 0 Å². The van der Waals surface area contributed by atoms with Crippen molar-refractivity contribution >= 4 is 16.9 Å². The lowest BCUT2D eigenvalue weighted by atomic mass is 9.96. The molecule has 3 rings (SSSR count). The number of aromatic nitrogens is 1. The van der Waals surface area contributed by atoms with Crippen LogP contribution in [0, 0.1) is 0 Å². The Bertz CT molecular complexity index is 1010. The van der Waals surface area contributed by atoms with Crippen molar-refractivity contribution in [3.8, 4) is 11.6 Å². The number of ether oxygens (including phenoxy) is 2. The Kier molecular flexibility index (Phi) is 6.73. The number of hydrogen-bond donors (Lipinski definition) is 1. The normalized spacial score (nSPS) is 12.6. The molecular weight excluding hydrogens is 376 g/mol. The molecule has 1 aromatic heterocycles. The molecule has 0 bridgehead atoms. The molecule has 2 aromatic carbocycles. The molecule has 0 radical (unpaired) electrons. The van der Waals surface area contributed by atoms with Crippen molar-refractivity contribution in [1.29, 1.82) is 0 Å². The van der Waals surface area contributed by atoms with Crippen molar-refractivity contribution in [2.45, 2.75) is 52.1 Å². The molecule has 0 spiro atoms. The van der Waals surface area contributed by atoms with E-state index in [4.69, 9.17) is 15.2 Å². The molecule has 0 amide bonds. The quantitative estimate of drug-likeness (QED) is 0.534. The lowest BCUT2D eigenvalue weighted by molar-refractivity contribution is -0.156. The van der Waals surface area contributed by atoms with E-state index in [-0.39, 0.29) is 11.9 Å². The van der Waals surface area contributed by atoms with Gasteiger partial charge in [-0.2, -0.15) is 0 Å². The fourth-order valence-electron chi connectivity index (χ4n) is 3.34. The first-order valence-corrected chi connectivity index (χ1v) is 10.4. The van der Waals surface area contributed by atoms with Gasteiger partial charge in [0, 0.05) is 11.5 Å². The number of carbonyl (C=O) groups excluding carboxylic acids is 1. The molecule has 5 heteroatoms. The lowest BCUT2D eigenvalue weighted by Gasteiger charge is -2.23. The molecule has 0 fully saturated rings. The van der Waals surface area contributed by atoms with Gasteiger partial charge in [0.25, 0.3) is 0 Å². The van der Waals surface area contributed by atoms with Crippen LogP contribution >= 0.6 is 0 Å². The fraction of sp³-hybridized carbons (Fsp3) is 0.360. The Morgan fingerprint density at radius 3 is 2.43 bits per heavy atom. The van der Waals surface area contributed by atoms with Crippen LogP contribution in [0.2, 0.25) is 0 Å². The highest BCUT2D eigenvalue weighted by molar-refractivity contribution is 5.80. The Morgan fingerprint density at radius 2 is 1.80 bits per heavy atom. The van der Waals surface area contributed by atoms with Crippen molar-refractivity contribution < 1.29 is 14.3 Å². The summed E-state index contributed by atoms with van der Waals surface area (Å²) in [6, 6.07) is 17.5. The third-order valence-electron chi connectivity index (χ3n) is 4.77. The molecule has 0 aliphatic heterocycles. The second-order valence-electron chi connectivity index (χ2n) is 8.38. The summed E-state index contributed by atoms with van der Waals surface area (Å²) in [5.41, 5.74) is 8.13. The summed E-state index contributed by atoms with van der Waals surface area (Å²) in [5.74, 6) is 0.703. The number of nitrogens with two attached hydrogens (primary N) is 1. The summed E-state index contributed by atoms with van der Waals surface area (Å²) in [6.45, 7) is 8.25. The van der Waals surface area contributed by atoms with Crippen LogP contribution in [0.1, 0.15) is 51.2 Å². The predicted molar refractivity (Wildman–Crippen MR) is 120 cm³/mol. The molecule has 0 aliphatic carbocycles. The number of fused-ring (bicyclic) bond motifs is 1. The number of hydrogen-bond acceptors (Lipinski definition) is 5. The second-order valence-corrected chi connectivity index (χ2v) is 8.38. The van der Waals surface area contributed by atoms with Crippen molar-refractivity contribution in [2.75, 3.05) is 6.54 Å². The Hall–Kier alpha value is -2.92. The minimum absolute atomic E-state index is 0.205. The predicted octanol–water partition coefficient (Wildman–Crippen LogP) is 5.36. The minimum Gasteiger partial charge on any atom is -0.459 e. The second kappa shape index (κ2) is 9.26. The van der Waals surface area contributed by atoms with Gasteiger partial charge in [0.15, 0.2) is 0 Å². The topological polar surface area (TPSA) is 74.4 Å². The monoisotopic (exact) mass is 406 g/mol. The molecule has 1 atom stereocenters. The largest absolute Gasteiger partial charge is 0.459 e. The average Bonchev–Trinajstić information content (AvgIpc) is 2.69. The van der Waals surface area contributed by atoms with Crippen LogP contribution in [-0.2, 0) is 16.0 Å². The first-order valence-electron chi connectivity index (χ1n) is 10.4. The Balaban J connectivity index is 1.73. The van der Waals surface area contributed by atoms with E-state index in [9.17, 15) is 4.79 Å². The fourth-order valence-corrected chi connectivity index (χ4v) is 3.34. The van der Waals surface area contributed by atoms with Crippen molar-refractivity contribution in [1.82, 2.24) is 4.98 Å². The van der Waals surface area contributed by atoms with Gasteiger partial charge in [-0.3, -0.25) is 4.79 Å². The van der Waals surface area contributed by atoms with Crippen molar-refractivity contribution in [2.24, 2.45) is 5.73 Å². The number of pyridine rings is 1. The zero-order chi connectivity index (χ0) is 21.7. The number of esters is 1. The molecule has 0 aliphatic rings. The van der Waals surface area contributed by atoms with Gasteiger partial charge in [-0.15, -0.1) is 0 Å². The van der Waals surface area contributed by atoms with E-state index in [1.807, 2.05) is 76.2 Å². The van der Waals surface area contributed by atoms with Crippen LogP contribution in [0.15, 0.2) is 54.6 Å². The number of rotatable bonds is 7. The van der Waals surface area contributed by atoms with E-state index in [0.717, 1.165) is 22.9 Å². The zero-order valence-electron chi connectivity index (χ0n) is 18.1. The van der Waals surface area contributed by atoms with Crippen LogP contribution in [0.5, 0.6) is 11.6 Å². The molecule has 5 nitrogen and oxygen atoms in total. The van der Waals surface area contributed by atoms with E-state index >= 15 is 0 Å². The SMILES string of the molecule is CCC(C(=O)OC(C)(C)C)c1ccc(Oc2ccc3cc(CCN)ccc3n2)cc1. The van der Waals surface area contributed by atoms with Gasteiger partial charge in [-0.05, 0) is 81.6 Å². The molecule has 158 valence electrons. The first-order chi connectivity index (χ1) is 14.3.